The second-order valence-electron chi connectivity index (χ2n) is 3.84. The Morgan fingerprint density at radius 1 is 1.47 bits per heavy atom. The molecule has 0 spiro atoms. The van der Waals surface area contributed by atoms with Crippen LogP contribution in [0.5, 0.6) is 0 Å². The lowest BCUT2D eigenvalue weighted by Gasteiger charge is -2.05. The number of nitrogens with two attached hydrogens (primary N) is 1. The fourth-order valence-electron chi connectivity index (χ4n) is 1.80. The summed E-state index contributed by atoms with van der Waals surface area (Å²) in [4.78, 5) is 0. The van der Waals surface area contributed by atoms with Crippen molar-refractivity contribution in [2.75, 3.05) is 5.73 Å². The van der Waals surface area contributed by atoms with Gasteiger partial charge in [0.2, 0.25) is 0 Å². The van der Waals surface area contributed by atoms with Gasteiger partial charge < -0.3 is 5.73 Å². The molecule has 1 aromatic carbocycles. The van der Waals surface area contributed by atoms with Gasteiger partial charge in [-0.05, 0) is 18.6 Å². The van der Waals surface area contributed by atoms with E-state index in [9.17, 15) is 0 Å². The van der Waals surface area contributed by atoms with Gasteiger partial charge in [-0.1, -0.05) is 46.9 Å². The molecule has 0 unspecified atom stereocenters. The average molecular weight is 315 g/mol. The molecule has 17 heavy (non-hydrogen) atoms. The van der Waals surface area contributed by atoms with Crippen molar-refractivity contribution in [1.29, 1.82) is 0 Å². The van der Waals surface area contributed by atoms with Crippen molar-refractivity contribution < 1.29 is 0 Å². The first-order chi connectivity index (χ1) is 8.13. The maximum absolute atomic E-state index is 6.23. The van der Waals surface area contributed by atoms with E-state index in [1.165, 1.54) is 0 Å². The molecule has 0 saturated heterocycles. The van der Waals surface area contributed by atoms with Gasteiger partial charge in [0.1, 0.15) is 5.82 Å². The largest absolute Gasteiger partial charge is 0.382 e. The van der Waals surface area contributed by atoms with E-state index < -0.39 is 0 Å². The lowest BCUT2D eigenvalue weighted by molar-refractivity contribution is 0.927. The number of aromatic nitrogens is 2. The number of benzene rings is 1. The Morgan fingerprint density at radius 2 is 2.24 bits per heavy atom. The van der Waals surface area contributed by atoms with Crippen molar-refractivity contribution in [2.45, 2.75) is 19.8 Å². The van der Waals surface area contributed by atoms with Crippen molar-refractivity contribution in [2.24, 2.45) is 0 Å². The van der Waals surface area contributed by atoms with E-state index in [4.69, 9.17) is 17.3 Å². The number of halogens is 2. The van der Waals surface area contributed by atoms with Crippen molar-refractivity contribution in [3.63, 3.8) is 0 Å². The van der Waals surface area contributed by atoms with E-state index in [2.05, 4.69) is 33.1 Å². The molecule has 0 saturated carbocycles. The average Bonchev–Trinajstić information content (AvgIpc) is 2.62. The van der Waals surface area contributed by atoms with Gasteiger partial charge in [0.15, 0.2) is 0 Å². The van der Waals surface area contributed by atoms with Gasteiger partial charge >= 0.3 is 0 Å². The van der Waals surface area contributed by atoms with Gasteiger partial charge in [0, 0.05) is 15.6 Å². The molecule has 0 bridgehead atoms. The van der Waals surface area contributed by atoms with E-state index in [1.54, 1.807) is 0 Å². The molecule has 0 aliphatic carbocycles. The fraction of sp³-hybridized carbons (Fsp3) is 0.250. The highest BCUT2D eigenvalue weighted by Crippen LogP contribution is 2.33. The zero-order chi connectivity index (χ0) is 12.4. The van der Waals surface area contributed by atoms with Crippen LogP contribution in [0.3, 0.4) is 0 Å². The minimum atomic E-state index is 0.556. The van der Waals surface area contributed by atoms with Crippen LogP contribution in [0, 0.1) is 0 Å². The summed E-state index contributed by atoms with van der Waals surface area (Å²) >= 11 is 9.62. The highest BCUT2D eigenvalue weighted by Gasteiger charge is 2.14. The molecule has 0 aliphatic heterocycles. The molecule has 5 heteroatoms. The number of hydrogen-bond donors (Lipinski definition) is 2. The van der Waals surface area contributed by atoms with Crippen molar-refractivity contribution >= 4 is 33.3 Å². The molecule has 3 N–H and O–H groups in total. The zero-order valence-electron chi connectivity index (χ0n) is 9.43. The summed E-state index contributed by atoms with van der Waals surface area (Å²) in [7, 11) is 0. The number of hydrogen-bond acceptors (Lipinski definition) is 2. The first-order valence-electron chi connectivity index (χ1n) is 5.41. The van der Waals surface area contributed by atoms with Crippen LogP contribution < -0.4 is 5.73 Å². The van der Waals surface area contributed by atoms with Crippen molar-refractivity contribution in [3.8, 4) is 11.3 Å². The summed E-state index contributed by atoms with van der Waals surface area (Å²) in [6, 6.07) is 5.77. The van der Waals surface area contributed by atoms with E-state index in [0.29, 0.717) is 10.8 Å². The molecule has 2 rings (SSSR count). The van der Waals surface area contributed by atoms with E-state index in [0.717, 1.165) is 34.1 Å². The predicted octanol–water partition coefficient (Wildman–Crippen LogP) is 4.03. The summed E-state index contributed by atoms with van der Waals surface area (Å²) < 4.78 is 0.954. The topological polar surface area (TPSA) is 54.7 Å². The molecule has 0 radical (unpaired) electrons. The highest BCUT2D eigenvalue weighted by atomic mass is 79.9. The van der Waals surface area contributed by atoms with Crippen LogP contribution in [0.15, 0.2) is 22.7 Å². The van der Waals surface area contributed by atoms with Gasteiger partial charge in [0.05, 0.1) is 10.7 Å². The van der Waals surface area contributed by atoms with Gasteiger partial charge in [0.25, 0.3) is 0 Å². The summed E-state index contributed by atoms with van der Waals surface area (Å²) in [6.45, 7) is 2.11. The van der Waals surface area contributed by atoms with Gasteiger partial charge in [-0.2, -0.15) is 5.10 Å². The SMILES string of the molecule is CCCc1c(N)n[nH]c1-c1ccc(Br)cc1Cl. The van der Waals surface area contributed by atoms with Crippen LogP contribution in [-0.2, 0) is 6.42 Å². The van der Waals surface area contributed by atoms with Gasteiger partial charge in [-0.3, -0.25) is 5.10 Å². The Kier molecular flexibility index (Phi) is 3.74. The number of aromatic amines is 1. The number of H-pyrrole nitrogens is 1. The molecule has 90 valence electrons. The summed E-state index contributed by atoms with van der Waals surface area (Å²) in [5.74, 6) is 0.556. The smallest absolute Gasteiger partial charge is 0.149 e. The number of anilines is 1. The second-order valence-corrected chi connectivity index (χ2v) is 5.16. The molecule has 0 aliphatic rings. The Bertz CT molecular complexity index is 537. The zero-order valence-corrected chi connectivity index (χ0v) is 11.8. The minimum Gasteiger partial charge on any atom is -0.382 e. The number of rotatable bonds is 3. The predicted molar refractivity (Wildman–Crippen MR) is 75.1 cm³/mol. The molecule has 0 atom stereocenters. The molecular weight excluding hydrogens is 302 g/mol. The Hall–Kier alpha value is -1.000. The first-order valence-corrected chi connectivity index (χ1v) is 6.58. The summed E-state index contributed by atoms with van der Waals surface area (Å²) in [5, 5.41) is 7.70. The fourth-order valence-corrected chi connectivity index (χ4v) is 2.57. The lowest BCUT2D eigenvalue weighted by atomic mass is 10.0. The number of nitrogen functional groups attached to an aromatic ring is 1. The Morgan fingerprint density at radius 3 is 2.88 bits per heavy atom. The van der Waals surface area contributed by atoms with Gasteiger partial charge in [-0.15, -0.1) is 0 Å². The molecule has 2 aromatic rings. The van der Waals surface area contributed by atoms with E-state index >= 15 is 0 Å². The van der Waals surface area contributed by atoms with Crippen LogP contribution in [0.4, 0.5) is 5.82 Å². The highest BCUT2D eigenvalue weighted by molar-refractivity contribution is 9.10. The Balaban J connectivity index is 2.52. The first kappa shape index (κ1) is 12.5. The van der Waals surface area contributed by atoms with Gasteiger partial charge in [-0.25, -0.2) is 0 Å². The second kappa shape index (κ2) is 5.10. The quantitative estimate of drug-likeness (QED) is 0.898. The molecule has 0 amide bonds. The maximum atomic E-state index is 6.23. The lowest BCUT2D eigenvalue weighted by Crippen LogP contribution is -1.93. The third kappa shape index (κ3) is 2.48. The van der Waals surface area contributed by atoms with Crippen LogP contribution >= 0.6 is 27.5 Å². The van der Waals surface area contributed by atoms with Crippen LogP contribution in [0.2, 0.25) is 5.02 Å². The van der Waals surface area contributed by atoms with Crippen LogP contribution in [-0.4, -0.2) is 10.2 Å². The summed E-state index contributed by atoms with van der Waals surface area (Å²) in [6.07, 6.45) is 1.91. The maximum Gasteiger partial charge on any atom is 0.149 e. The number of nitrogens with one attached hydrogen (secondary N) is 1. The molecule has 1 aromatic heterocycles. The Labute approximate surface area is 113 Å². The summed E-state index contributed by atoms with van der Waals surface area (Å²) in [5.41, 5.74) is 8.74. The molecular formula is C12H13BrClN3. The van der Waals surface area contributed by atoms with Crippen molar-refractivity contribution in [3.05, 3.63) is 33.3 Å². The van der Waals surface area contributed by atoms with Crippen LogP contribution in [0.1, 0.15) is 18.9 Å². The van der Waals surface area contributed by atoms with Crippen molar-refractivity contribution in [1.82, 2.24) is 10.2 Å². The third-order valence-corrected chi connectivity index (χ3v) is 3.41. The normalized spacial score (nSPS) is 10.8. The molecule has 0 fully saturated rings. The number of nitrogens with zero attached hydrogens (tertiary/aromatic N) is 1. The molecule has 3 nitrogen and oxygen atoms in total. The third-order valence-electron chi connectivity index (χ3n) is 2.60. The van der Waals surface area contributed by atoms with E-state index in [-0.39, 0.29) is 0 Å². The van der Waals surface area contributed by atoms with E-state index in [1.807, 2.05) is 18.2 Å². The minimum absolute atomic E-state index is 0.556. The standard InChI is InChI=1S/C12H13BrClN3/c1-2-3-9-11(16-17-12(9)15)8-5-4-7(13)6-10(8)14/h4-6H,2-3H2,1H3,(H3,15,16,17). The van der Waals surface area contributed by atoms with Crippen LogP contribution in [0.25, 0.3) is 11.3 Å². The molecule has 1 heterocycles. The monoisotopic (exact) mass is 313 g/mol.